The first-order valence-electron chi connectivity index (χ1n) is 9.45. The maximum absolute atomic E-state index is 12.6. The largest absolute Gasteiger partial charge is 0.511 e. The number of alkyl halides is 3. The second kappa shape index (κ2) is 10.8. The summed E-state index contributed by atoms with van der Waals surface area (Å²) in [5, 5.41) is 6.24. The van der Waals surface area contributed by atoms with Crippen LogP contribution in [-0.2, 0) is 21.4 Å². The third-order valence-electron chi connectivity index (χ3n) is 4.31. The number of sulfonamides is 1. The van der Waals surface area contributed by atoms with Gasteiger partial charge in [0, 0.05) is 38.8 Å². The summed E-state index contributed by atoms with van der Waals surface area (Å²) in [6.45, 7) is 3.59. The molecule has 0 amide bonds. The highest BCUT2D eigenvalue weighted by Gasteiger charge is 2.50. The van der Waals surface area contributed by atoms with E-state index in [9.17, 15) is 21.6 Å². The Morgan fingerprint density at radius 2 is 2.10 bits per heavy atom. The number of hydrogen-bond donors (Lipinski definition) is 2. The zero-order valence-electron chi connectivity index (χ0n) is 16.2. The van der Waals surface area contributed by atoms with Crippen LogP contribution in [0.15, 0.2) is 27.8 Å². The standard InChI is InChI=1S/C17H27F3N4O4S/c1-2-21-16(22-8-4-11-27-13-15-5-3-12-28-15)23-14-6-9-24(10-7-14)29(25,26)17(18,19)20/h3,5,12,14H,2,4,6-11,13H2,1H3,(H2,21,22,23). The molecule has 1 fully saturated rings. The Hall–Kier alpha value is -1.79. The monoisotopic (exact) mass is 440 g/mol. The molecule has 2 N–H and O–H groups in total. The van der Waals surface area contributed by atoms with Crippen LogP contribution in [0.3, 0.4) is 0 Å². The van der Waals surface area contributed by atoms with Crippen molar-refractivity contribution in [2.75, 3.05) is 32.8 Å². The molecule has 0 saturated carbocycles. The van der Waals surface area contributed by atoms with Crippen molar-refractivity contribution in [2.45, 2.75) is 44.3 Å². The summed E-state index contributed by atoms with van der Waals surface area (Å²) in [4.78, 5) is 4.43. The molecule has 166 valence electrons. The number of nitrogens with zero attached hydrogens (tertiary/aromatic N) is 2. The number of furan rings is 1. The molecule has 0 aromatic carbocycles. The van der Waals surface area contributed by atoms with Crippen LogP contribution in [0.2, 0.25) is 0 Å². The van der Waals surface area contributed by atoms with Gasteiger partial charge in [-0.3, -0.25) is 4.99 Å². The van der Waals surface area contributed by atoms with Gasteiger partial charge in [-0.15, -0.1) is 0 Å². The van der Waals surface area contributed by atoms with Crippen LogP contribution >= 0.6 is 0 Å². The van der Waals surface area contributed by atoms with Gasteiger partial charge in [0.05, 0.1) is 6.26 Å². The van der Waals surface area contributed by atoms with Crippen molar-refractivity contribution in [1.82, 2.24) is 14.9 Å². The minimum absolute atomic E-state index is 0.150. The van der Waals surface area contributed by atoms with Crippen molar-refractivity contribution in [3.8, 4) is 0 Å². The van der Waals surface area contributed by atoms with Gasteiger partial charge in [0.1, 0.15) is 12.4 Å². The van der Waals surface area contributed by atoms with Gasteiger partial charge < -0.3 is 19.8 Å². The molecule has 0 unspecified atom stereocenters. The third-order valence-corrected chi connectivity index (χ3v) is 5.94. The Kier molecular flexibility index (Phi) is 8.78. The lowest BCUT2D eigenvalue weighted by Gasteiger charge is -2.32. The Morgan fingerprint density at radius 1 is 1.38 bits per heavy atom. The molecule has 0 spiro atoms. The smallest absolute Gasteiger partial charge is 0.467 e. The summed E-state index contributed by atoms with van der Waals surface area (Å²) in [7, 11) is -5.26. The molecule has 1 aliphatic rings. The van der Waals surface area contributed by atoms with E-state index in [0.717, 1.165) is 5.76 Å². The lowest BCUT2D eigenvalue weighted by atomic mass is 10.1. The lowest BCUT2D eigenvalue weighted by molar-refractivity contribution is -0.0494. The maximum Gasteiger partial charge on any atom is 0.511 e. The second-order valence-corrected chi connectivity index (χ2v) is 8.44. The van der Waals surface area contributed by atoms with Crippen LogP contribution in [0.4, 0.5) is 13.2 Å². The minimum Gasteiger partial charge on any atom is -0.467 e. The lowest BCUT2D eigenvalue weighted by Crippen LogP contribution is -2.51. The molecular weight excluding hydrogens is 413 g/mol. The first-order valence-corrected chi connectivity index (χ1v) is 10.9. The fourth-order valence-corrected chi connectivity index (χ4v) is 3.81. The van der Waals surface area contributed by atoms with E-state index in [1.165, 1.54) is 0 Å². The fraction of sp³-hybridized carbons (Fsp3) is 0.706. The molecule has 29 heavy (non-hydrogen) atoms. The molecule has 1 aromatic rings. The average molecular weight is 440 g/mol. The molecular formula is C17H27F3N4O4S. The van der Waals surface area contributed by atoms with Crippen molar-refractivity contribution in [3.05, 3.63) is 24.2 Å². The highest BCUT2D eigenvalue weighted by Crippen LogP contribution is 2.28. The minimum atomic E-state index is -5.26. The van der Waals surface area contributed by atoms with Crippen molar-refractivity contribution < 1.29 is 30.7 Å². The number of piperidine rings is 1. The van der Waals surface area contributed by atoms with Crippen LogP contribution in [0.1, 0.15) is 31.9 Å². The number of guanidine groups is 1. The van der Waals surface area contributed by atoms with E-state index < -0.39 is 15.5 Å². The molecule has 0 radical (unpaired) electrons. The fourth-order valence-electron chi connectivity index (χ4n) is 2.83. The average Bonchev–Trinajstić information content (AvgIpc) is 3.17. The van der Waals surface area contributed by atoms with Gasteiger partial charge in [0.25, 0.3) is 0 Å². The summed E-state index contributed by atoms with van der Waals surface area (Å²) in [5.41, 5.74) is -5.26. The highest BCUT2D eigenvalue weighted by molar-refractivity contribution is 7.90. The zero-order chi connectivity index (χ0) is 21.3. The van der Waals surface area contributed by atoms with Crippen LogP contribution < -0.4 is 10.6 Å². The number of hydrogen-bond acceptors (Lipinski definition) is 5. The SMILES string of the molecule is CCNC(=NCCCOCc1ccco1)NC1CCN(S(=O)(=O)C(F)(F)F)CC1. The van der Waals surface area contributed by atoms with E-state index >= 15 is 0 Å². The zero-order valence-corrected chi connectivity index (χ0v) is 17.1. The topological polar surface area (TPSA) is 96.2 Å². The van der Waals surface area contributed by atoms with E-state index in [2.05, 4.69) is 15.6 Å². The van der Waals surface area contributed by atoms with E-state index in [1.807, 2.05) is 13.0 Å². The molecule has 0 bridgehead atoms. The highest BCUT2D eigenvalue weighted by atomic mass is 32.2. The quantitative estimate of drug-likeness (QED) is 0.347. The molecule has 1 aliphatic heterocycles. The predicted molar refractivity (Wildman–Crippen MR) is 102 cm³/mol. The van der Waals surface area contributed by atoms with Crippen LogP contribution in [0.25, 0.3) is 0 Å². The molecule has 2 heterocycles. The molecule has 2 rings (SSSR count). The van der Waals surface area contributed by atoms with E-state index in [1.54, 1.807) is 12.3 Å². The van der Waals surface area contributed by atoms with Crippen molar-refractivity contribution in [2.24, 2.45) is 4.99 Å². The second-order valence-electron chi connectivity index (χ2n) is 6.51. The van der Waals surface area contributed by atoms with Crippen LogP contribution in [-0.4, -0.2) is 63.0 Å². The third kappa shape index (κ3) is 7.19. The van der Waals surface area contributed by atoms with Gasteiger partial charge in [-0.25, -0.2) is 8.42 Å². The van der Waals surface area contributed by atoms with E-state index in [0.29, 0.717) is 43.0 Å². The predicted octanol–water partition coefficient (Wildman–Crippen LogP) is 2.06. The first-order chi connectivity index (χ1) is 13.7. The van der Waals surface area contributed by atoms with E-state index in [-0.39, 0.29) is 32.0 Å². The van der Waals surface area contributed by atoms with Crippen molar-refractivity contribution >= 4 is 16.0 Å². The molecule has 8 nitrogen and oxygen atoms in total. The molecule has 12 heteroatoms. The Balaban J connectivity index is 1.73. The molecule has 0 atom stereocenters. The number of ether oxygens (including phenoxy) is 1. The molecule has 1 saturated heterocycles. The number of halogens is 3. The summed E-state index contributed by atoms with van der Waals surface area (Å²) in [6.07, 6.45) is 2.82. The van der Waals surface area contributed by atoms with Crippen LogP contribution in [0.5, 0.6) is 0 Å². The molecule has 0 aliphatic carbocycles. The van der Waals surface area contributed by atoms with Gasteiger partial charge in [-0.05, 0) is 38.3 Å². The number of rotatable bonds is 9. The summed E-state index contributed by atoms with van der Waals surface area (Å²) < 4.78 is 72.0. The summed E-state index contributed by atoms with van der Waals surface area (Å²) in [6, 6.07) is 3.47. The van der Waals surface area contributed by atoms with E-state index in [4.69, 9.17) is 9.15 Å². The van der Waals surface area contributed by atoms with Crippen LogP contribution in [0, 0.1) is 0 Å². The van der Waals surface area contributed by atoms with Gasteiger partial charge in [-0.2, -0.15) is 17.5 Å². The van der Waals surface area contributed by atoms with Gasteiger partial charge in [0.15, 0.2) is 5.96 Å². The van der Waals surface area contributed by atoms with Gasteiger partial charge in [-0.1, -0.05) is 0 Å². The number of nitrogens with one attached hydrogen (secondary N) is 2. The Bertz CT molecular complexity index is 730. The molecule has 1 aromatic heterocycles. The summed E-state index contributed by atoms with van der Waals surface area (Å²) in [5.74, 6) is 1.30. The Morgan fingerprint density at radius 3 is 2.69 bits per heavy atom. The van der Waals surface area contributed by atoms with Crippen molar-refractivity contribution in [1.29, 1.82) is 0 Å². The van der Waals surface area contributed by atoms with Crippen molar-refractivity contribution in [3.63, 3.8) is 0 Å². The maximum atomic E-state index is 12.6. The first kappa shape index (κ1) is 23.5. The summed E-state index contributed by atoms with van der Waals surface area (Å²) >= 11 is 0. The number of aliphatic imine (C=N–C) groups is 1. The Labute approximate surface area is 168 Å². The van der Waals surface area contributed by atoms with Gasteiger partial charge in [0.2, 0.25) is 0 Å². The normalized spacial score (nSPS) is 17.4. The van der Waals surface area contributed by atoms with Gasteiger partial charge >= 0.3 is 15.5 Å².